The first-order valence-electron chi connectivity index (χ1n) is 26.6. The van der Waals surface area contributed by atoms with Gasteiger partial charge in [0.25, 0.3) is 0 Å². The number of nitrogens with two attached hydrogens (primary N) is 1. The number of aliphatic hydroxyl groups excluding tert-OH is 1. The normalized spacial score (nSPS) is 24.0. The van der Waals surface area contributed by atoms with E-state index in [9.17, 15) is 19.8 Å². The highest BCUT2D eigenvalue weighted by Crippen LogP contribution is 2.42. The molecule has 0 spiro atoms. The maximum absolute atomic E-state index is 14.4. The number of aliphatic hydroxyl groups is 1. The van der Waals surface area contributed by atoms with Crippen molar-refractivity contribution in [2.75, 3.05) is 66.2 Å². The van der Waals surface area contributed by atoms with Crippen LogP contribution in [-0.2, 0) is 9.59 Å². The molecule has 7 atom stereocenters. The number of benzene rings is 2. The molecule has 11 rings (SSSR count). The average molecular weight is 1040 g/mol. The van der Waals surface area contributed by atoms with Crippen molar-refractivity contribution in [1.29, 1.82) is 0 Å². The number of pyridine rings is 1. The van der Waals surface area contributed by atoms with Crippen molar-refractivity contribution in [2.45, 2.75) is 115 Å². The number of carbonyl (C=O) groups excluding carboxylic acids is 2. The Morgan fingerprint density at radius 1 is 0.880 bits per heavy atom. The van der Waals surface area contributed by atoms with Gasteiger partial charge in [-0.05, 0) is 93.7 Å². The van der Waals surface area contributed by atoms with Crippen molar-refractivity contribution in [3.05, 3.63) is 102 Å². The molecule has 394 valence electrons. The van der Waals surface area contributed by atoms with E-state index < -0.39 is 18.1 Å². The van der Waals surface area contributed by atoms with Crippen LogP contribution < -0.4 is 30.5 Å². The molecule has 6 aromatic rings. The molecule has 1 aliphatic carbocycles. The van der Waals surface area contributed by atoms with Crippen LogP contribution in [0.3, 0.4) is 0 Å². The van der Waals surface area contributed by atoms with Gasteiger partial charge in [0.1, 0.15) is 23.8 Å². The summed E-state index contributed by atoms with van der Waals surface area (Å²) in [5.74, 6) is 1.53. The molecule has 3 unspecified atom stereocenters. The van der Waals surface area contributed by atoms with Gasteiger partial charge in [0.15, 0.2) is 17.4 Å². The number of nitrogen functional groups attached to an aromatic ring is 1. The lowest BCUT2D eigenvalue weighted by Gasteiger charge is -2.46. The highest BCUT2D eigenvalue weighted by Gasteiger charge is 2.45. The Morgan fingerprint density at radius 2 is 1.63 bits per heavy atom. The fourth-order valence-electron chi connectivity index (χ4n) is 12.2. The summed E-state index contributed by atoms with van der Waals surface area (Å²) >= 11 is 1.60. The first kappa shape index (κ1) is 50.3. The number of nitrogens with one attached hydrogen (secondary N) is 1. The Kier molecular flexibility index (Phi) is 14.1. The van der Waals surface area contributed by atoms with Crippen LogP contribution in [0.2, 0.25) is 0 Å². The maximum Gasteiger partial charge on any atom is 0.243 e. The molecule has 18 nitrogen and oxygen atoms in total. The van der Waals surface area contributed by atoms with Crippen LogP contribution in [-0.4, -0.2) is 139 Å². The van der Waals surface area contributed by atoms with Crippen LogP contribution in [0.5, 0.6) is 11.6 Å². The van der Waals surface area contributed by atoms with E-state index in [2.05, 4.69) is 69.3 Å². The predicted octanol–water partition coefficient (Wildman–Crippen LogP) is 7.05. The lowest BCUT2D eigenvalue weighted by molar-refractivity contribution is -0.141. The number of nitrogens with zero attached hydrogens (tertiary/aromatic N) is 10. The van der Waals surface area contributed by atoms with Gasteiger partial charge in [0, 0.05) is 99.9 Å². The minimum Gasteiger partial charge on any atom is -0.507 e. The molecule has 5 aliphatic rings. The number of carbonyl (C=O) groups is 2. The number of aryl methyl sites for hydroxylation is 1. The molecule has 2 aromatic carbocycles. The summed E-state index contributed by atoms with van der Waals surface area (Å²) in [6.07, 6.45) is 5.41. The van der Waals surface area contributed by atoms with E-state index in [0.717, 1.165) is 98.0 Å². The number of hydrogen-bond donors (Lipinski definition) is 4. The Bertz CT molecular complexity index is 2980. The lowest BCUT2D eigenvalue weighted by Crippen LogP contribution is -2.54. The monoisotopic (exact) mass is 1040 g/mol. The van der Waals surface area contributed by atoms with E-state index >= 15 is 0 Å². The number of piperazine rings is 2. The van der Waals surface area contributed by atoms with Crippen LogP contribution in [0.4, 0.5) is 23.0 Å². The van der Waals surface area contributed by atoms with Gasteiger partial charge in [-0.2, -0.15) is 0 Å². The number of aromatic nitrogens is 5. The van der Waals surface area contributed by atoms with E-state index in [1.54, 1.807) is 23.5 Å². The van der Waals surface area contributed by atoms with Crippen molar-refractivity contribution in [1.82, 2.24) is 40.4 Å². The zero-order chi connectivity index (χ0) is 52.1. The topological polar surface area (TPSA) is 216 Å². The summed E-state index contributed by atoms with van der Waals surface area (Å²) in [5.41, 5.74) is 14.4. The molecule has 2 amide bonds. The number of phenolic OH excluding ortho intramolecular Hbond substituents is 1. The highest BCUT2D eigenvalue weighted by molar-refractivity contribution is 7.13. The number of fused-ring (bicyclic) bond motifs is 2. The summed E-state index contributed by atoms with van der Waals surface area (Å²) in [4.78, 5) is 49.5. The summed E-state index contributed by atoms with van der Waals surface area (Å²) < 4.78 is 12.5. The largest absolute Gasteiger partial charge is 0.507 e. The number of hydrogen-bond acceptors (Lipinski definition) is 17. The molecule has 4 saturated heterocycles. The zero-order valence-corrected chi connectivity index (χ0v) is 44.1. The summed E-state index contributed by atoms with van der Waals surface area (Å²) in [5, 5.41) is 37.4. The van der Waals surface area contributed by atoms with Gasteiger partial charge in [-0.1, -0.05) is 55.4 Å². The molecule has 5 fully saturated rings. The van der Waals surface area contributed by atoms with Crippen molar-refractivity contribution in [3.63, 3.8) is 0 Å². The molecular weight excluding hydrogens is 969 g/mol. The van der Waals surface area contributed by atoms with Crippen LogP contribution >= 0.6 is 11.3 Å². The maximum atomic E-state index is 14.4. The molecule has 0 radical (unpaired) electrons. The SMILES string of the molecule is Cc1ncsc1-c1ccc([C@H](C)NC(=O)[C@@H]2C[C@@H](O)CN2C(=O)[C@H](c2cc(N3CCN(C(C)C4CC(Oc5cc(N6C7CCC6CN(c6cc(-c8ccccc8O)nnc6N)C7)ccn5)C4)CC3)no2)C(C)C)cc1. The van der Waals surface area contributed by atoms with Crippen LogP contribution in [0.15, 0.2) is 89.0 Å². The van der Waals surface area contributed by atoms with E-state index in [0.29, 0.717) is 46.5 Å². The fraction of sp³-hybridized carbons (Fsp3) is 0.482. The van der Waals surface area contributed by atoms with E-state index in [4.69, 9.17) is 15.0 Å². The Morgan fingerprint density at radius 3 is 2.33 bits per heavy atom. The molecular formula is C56H68N12O6S. The van der Waals surface area contributed by atoms with Crippen LogP contribution in [0.1, 0.15) is 88.8 Å². The smallest absolute Gasteiger partial charge is 0.243 e. The minimum absolute atomic E-state index is 0.0746. The van der Waals surface area contributed by atoms with E-state index in [-0.39, 0.29) is 60.7 Å². The van der Waals surface area contributed by atoms with Gasteiger partial charge < -0.3 is 50.1 Å². The van der Waals surface area contributed by atoms with Gasteiger partial charge in [-0.25, -0.2) is 9.97 Å². The number of para-hydroxylation sites is 1. The Hall–Kier alpha value is -6.83. The number of β-amino-alcohol motifs (C(OH)–C–C–N with tert-alkyl or cyclic N) is 1. The van der Waals surface area contributed by atoms with Gasteiger partial charge in [0.05, 0.1) is 39.6 Å². The van der Waals surface area contributed by atoms with Crippen molar-refractivity contribution in [2.24, 2.45) is 11.8 Å². The first-order chi connectivity index (χ1) is 36.3. The quantitative estimate of drug-likeness (QED) is 0.0811. The number of amides is 2. The van der Waals surface area contributed by atoms with E-state index in [1.807, 2.05) is 87.9 Å². The molecule has 5 N–H and O–H groups in total. The average Bonchev–Trinajstić information content (AvgIpc) is 4.21. The van der Waals surface area contributed by atoms with E-state index in [1.165, 1.54) is 4.90 Å². The molecule has 4 aliphatic heterocycles. The summed E-state index contributed by atoms with van der Waals surface area (Å²) in [7, 11) is 0. The van der Waals surface area contributed by atoms with Crippen LogP contribution in [0.25, 0.3) is 21.7 Å². The first-order valence-corrected chi connectivity index (χ1v) is 27.5. The van der Waals surface area contributed by atoms with Crippen molar-refractivity contribution in [3.8, 4) is 33.3 Å². The minimum atomic E-state index is -0.812. The van der Waals surface area contributed by atoms with Gasteiger partial charge in [-0.3, -0.25) is 14.5 Å². The number of likely N-dealkylation sites (tertiary alicyclic amines) is 1. The third kappa shape index (κ3) is 10.2. The molecule has 4 aromatic heterocycles. The highest BCUT2D eigenvalue weighted by atomic mass is 32.1. The Labute approximate surface area is 441 Å². The molecule has 2 bridgehead atoms. The second kappa shape index (κ2) is 21.1. The third-order valence-electron chi connectivity index (χ3n) is 16.5. The van der Waals surface area contributed by atoms with Gasteiger partial charge in [0.2, 0.25) is 17.7 Å². The standard InChI is InChI=1S/C56H68N12O6S/c1-32(2)52(56(72)67-30-42(69)25-47(67)55(71)60-33(3)36-10-12-37(13-11-36)53-34(4)59-31-75-53)49-27-50(63-74-49)65-20-18-64(19-21-65)35(5)38-22-43(23-38)73-51-24-39(16-17-58-51)68-40-14-15-41(68)29-66(28-40)46-26-45(61-62-54(46)57)44-8-6-7-9-48(44)70/h6-13,16-17,24,26-27,31-33,35,38,40-43,47,52,69-70H,14-15,18-23,25,28-30H2,1-5H3,(H2,57,62)(H,60,71)/t33-,35?,38?,40?,41?,42+,43?,47-,52-/m0/s1. The third-order valence-corrected chi connectivity index (χ3v) is 17.5. The van der Waals surface area contributed by atoms with Crippen LogP contribution in [0, 0.1) is 18.8 Å². The van der Waals surface area contributed by atoms with Gasteiger partial charge in [-0.15, -0.1) is 21.5 Å². The second-order valence-electron chi connectivity index (χ2n) is 21.6. The fourth-order valence-corrected chi connectivity index (χ4v) is 13.0. The number of rotatable bonds is 15. The molecule has 1 saturated carbocycles. The predicted molar refractivity (Wildman–Crippen MR) is 289 cm³/mol. The number of ether oxygens (including phenoxy) is 1. The number of thiazole rings is 1. The Balaban J connectivity index is 0.652. The number of anilines is 4. The van der Waals surface area contributed by atoms with Gasteiger partial charge >= 0.3 is 0 Å². The zero-order valence-electron chi connectivity index (χ0n) is 43.3. The number of phenols is 1. The number of aromatic hydroxyl groups is 1. The summed E-state index contributed by atoms with van der Waals surface area (Å²) in [6, 6.07) is 23.1. The second-order valence-corrected chi connectivity index (χ2v) is 22.5. The van der Waals surface area contributed by atoms with Crippen molar-refractivity contribution >= 4 is 46.2 Å². The lowest BCUT2D eigenvalue weighted by atomic mass is 9.77. The molecule has 19 heteroatoms. The summed E-state index contributed by atoms with van der Waals surface area (Å²) in [6.45, 7) is 15.1. The molecule has 75 heavy (non-hydrogen) atoms. The van der Waals surface area contributed by atoms with Crippen molar-refractivity contribution < 1.29 is 29.1 Å². The molecule has 8 heterocycles.